The number of nitrogens with zero attached hydrogens (tertiary/aromatic N) is 1. The molecule has 2 aromatic rings. The van der Waals surface area contributed by atoms with Crippen LogP contribution < -0.4 is 15.0 Å². The molecule has 6 nitrogen and oxygen atoms in total. The summed E-state index contributed by atoms with van der Waals surface area (Å²) in [6.45, 7) is 3.77. The summed E-state index contributed by atoms with van der Waals surface area (Å²) in [5, 5.41) is 12.2. The average Bonchev–Trinajstić information content (AvgIpc) is 2.49. The molecule has 0 saturated heterocycles. The van der Waals surface area contributed by atoms with Gasteiger partial charge in [0.15, 0.2) is 5.75 Å². The van der Waals surface area contributed by atoms with Crippen molar-refractivity contribution >= 4 is 23.3 Å². The van der Waals surface area contributed by atoms with E-state index in [1.54, 1.807) is 30.0 Å². The molecule has 0 bridgehead atoms. The molecular weight excluding hydrogens is 308 g/mol. The van der Waals surface area contributed by atoms with Crippen molar-refractivity contribution < 1.29 is 19.4 Å². The largest absolute Gasteiger partial charge is 0.508 e. The quantitative estimate of drug-likeness (QED) is 0.514. The first-order chi connectivity index (χ1) is 11.4. The molecule has 1 aliphatic heterocycles. The van der Waals surface area contributed by atoms with Gasteiger partial charge >= 0.3 is 5.97 Å². The number of nitrogens with one attached hydrogen (secondary N) is 1. The lowest BCUT2D eigenvalue weighted by Gasteiger charge is -2.29. The first-order valence-corrected chi connectivity index (χ1v) is 7.58. The van der Waals surface area contributed by atoms with Gasteiger partial charge in [-0.05, 0) is 55.3 Å². The summed E-state index contributed by atoms with van der Waals surface area (Å²) in [5.74, 6) is -0.0137. The first-order valence-electron chi connectivity index (χ1n) is 7.58. The van der Waals surface area contributed by atoms with E-state index in [0.717, 1.165) is 16.8 Å². The van der Waals surface area contributed by atoms with Crippen LogP contribution in [0, 0.1) is 13.8 Å². The number of phenols is 1. The molecule has 1 amide bonds. The standard InChI is InChI=1S/C18H18N2O4/c1-11-3-6-15-16(7-11)24-18(23)10-20(15)9-17(22)19-14-5-4-13(21)8-12(14)2/h3-8,21H,9-10H2,1-2H3,(H,19,22). The van der Waals surface area contributed by atoms with E-state index in [4.69, 9.17) is 4.74 Å². The van der Waals surface area contributed by atoms with Gasteiger partial charge in [-0.2, -0.15) is 0 Å². The molecule has 1 aliphatic rings. The fourth-order valence-corrected chi connectivity index (χ4v) is 2.65. The molecule has 1 heterocycles. The second-order valence-electron chi connectivity index (χ2n) is 5.85. The van der Waals surface area contributed by atoms with E-state index in [1.807, 2.05) is 19.1 Å². The third-order valence-corrected chi connectivity index (χ3v) is 3.82. The summed E-state index contributed by atoms with van der Waals surface area (Å²) in [5.41, 5.74) is 3.09. The van der Waals surface area contributed by atoms with Gasteiger partial charge in [0, 0.05) is 5.69 Å². The molecule has 0 unspecified atom stereocenters. The second-order valence-corrected chi connectivity index (χ2v) is 5.85. The minimum atomic E-state index is -0.387. The number of hydrogen-bond donors (Lipinski definition) is 2. The monoisotopic (exact) mass is 326 g/mol. The molecule has 0 radical (unpaired) electrons. The van der Waals surface area contributed by atoms with Crippen molar-refractivity contribution in [2.45, 2.75) is 13.8 Å². The molecule has 0 aromatic heterocycles. The highest BCUT2D eigenvalue weighted by atomic mass is 16.5. The van der Waals surface area contributed by atoms with Crippen LogP contribution in [0.3, 0.4) is 0 Å². The lowest BCUT2D eigenvalue weighted by atomic mass is 10.1. The van der Waals surface area contributed by atoms with Gasteiger partial charge in [-0.3, -0.25) is 4.79 Å². The van der Waals surface area contributed by atoms with Crippen molar-refractivity contribution in [2.24, 2.45) is 0 Å². The Morgan fingerprint density at radius 1 is 1.25 bits per heavy atom. The number of esters is 1. The predicted molar refractivity (Wildman–Crippen MR) is 90.5 cm³/mol. The maximum Gasteiger partial charge on any atom is 0.331 e. The van der Waals surface area contributed by atoms with Gasteiger partial charge in [0.2, 0.25) is 5.91 Å². The SMILES string of the molecule is Cc1ccc2c(c1)OC(=O)CN2CC(=O)Nc1ccc(O)cc1C. The van der Waals surface area contributed by atoms with Gasteiger partial charge in [-0.15, -0.1) is 0 Å². The molecule has 0 fully saturated rings. The zero-order valence-corrected chi connectivity index (χ0v) is 13.5. The van der Waals surface area contributed by atoms with Crippen molar-refractivity contribution in [2.75, 3.05) is 23.3 Å². The van der Waals surface area contributed by atoms with Crippen LogP contribution in [0.1, 0.15) is 11.1 Å². The van der Waals surface area contributed by atoms with Gasteiger partial charge in [0.25, 0.3) is 0 Å². The highest BCUT2D eigenvalue weighted by molar-refractivity contribution is 5.97. The third-order valence-electron chi connectivity index (χ3n) is 3.82. The molecule has 0 spiro atoms. The number of fused-ring (bicyclic) bond motifs is 1. The van der Waals surface area contributed by atoms with Crippen molar-refractivity contribution in [3.63, 3.8) is 0 Å². The summed E-state index contributed by atoms with van der Waals surface area (Å²) in [6.07, 6.45) is 0. The maximum absolute atomic E-state index is 12.3. The van der Waals surface area contributed by atoms with Gasteiger partial charge in [0.05, 0.1) is 12.2 Å². The average molecular weight is 326 g/mol. The van der Waals surface area contributed by atoms with Gasteiger partial charge < -0.3 is 20.1 Å². The minimum absolute atomic E-state index is 0.0258. The highest BCUT2D eigenvalue weighted by Crippen LogP contribution is 2.32. The number of aromatic hydroxyl groups is 1. The Kier molecular flexibility index (Phi) is 4.12. The van der Waals surface area contributed by atoms with Crippen molar-refractivity contribution in [3.05, 3.63) is 47.5 Å². The summed E-state index contributed by atoms with van der Waals surface area (Å²) >= 11 is 0. The van der Waals surface area contributed by atoms with E-state index in [9.17, 15) is 14.7 Å². The zero-order valence-electron chi connectivity index (χ0n) is 13.5. The molecule has 2 N–H and O–H groups in total. The highest BCUT2D eigenvalue weighted by Gasteiger charge is 2.25. The van der Waals surface area contributed by atoms with Crippen LogP contribution in [0.15, 0.2) is 36.4 Å². The lowest BCUT2D eigenvalue weighted by Crippen LogP contribution is -2.41. The second kappa shape index (κ2) is 6.23. The number of benzene rings is 2. The van der Waals surface area contributed by atoms with Crippen LogP contribution >= 0.6 is 0 Å². The molecule has 0 aliphatic carbocycles. The number of hydrogen-bond acceptors (Lipinski definition) is 5. The number of anilines is 2. The van der Waals surface area contributed by atoms with Crippen LogP contribution in [0.4, 0.5) is 11.4 Å². The number of ether oxygens (including phenoxy) is 1. The number of rotatable bonds is 3. The van der Waals surface area contributed by atoms with E-state index in [2.05, 4.69) is 5.32 Å². The number of amides is 1. The first kappa shape index (κ1) is 15.9. The molecule has 0 saturated carbocycles. The number of carbonyl (C=O) groups is 2. The normalized spacial score (nSPS) is 13.2. The van der Waals surface area contributed by atoms with Gasteiger partial charge in [-0.1, -0.05) is 6.07 Å². The van der Waals surface area contributed by atoms with Crippen molar-refractivity contribution in [1.29, 1.82) is 0 Å². The molecule has 124 valence electrons. The summed E-state index contributed by atoms with van der Waals surface area (Å²) in [4.78, 5) is 25.8. The molecule has 24 heavy (non-hydrogen) atoms. The fourth-order valence-electron chi connectivity index (χ4n) is 2.65. The van der Waals surface area contributed by atoms with Crippen LogP contribution in [-0.2, 0) is 9.59 Å². The Hall–Kier alpha value is -3.02. The predicted octanol–water partition coefficient (Wildman–Crippen LogP) is 2.37. The Morgan fingerprint density at radius 2 is 2.04 bits per heavy atom. The van der Waals surface area contributed by atoms with E-state index < -0.39 is 0 Å². The Labute approximate surface area is 139 Å². The number of carbonyl (C=O) groups excluding carboxylic acids is 2. The van der Waals surface area contributed by atoms with E-state index in [1.165, 1.54) is 6.07 Å². The molecule has 0 atom stereocenters. The van der Waals surface area contributed by atoms with Crippen molar-refractivity contribution in [3.8, 4) is 11.5 Å². The molecule has 6 heteroatoms. The van der Waals surface area contributed by atoms with Gasteiger partial charge in [-0.25, -0.2) is 4.79 Å². The van der Waals surface area contributed by atoms with Gasteiger partial charge in [0.1, 0.15) is 12.3 Å². The van der Waals surface area contributed by atoms with Crippen LogP contribution in [0.2, 0.25) is 0 Å². The topological polar surface area (TPSA) is 78.9 Å². The minimum Gasteiger partial charge on any atom is -0.508 e. The third kappa shape index (κ3) is 3.32. The Balaban J connectivity index is 1.76. The van der Waals surface area contributed by atoms with E-state index >= 15 is 0 Å². The number of aryl methyl sites for hydroxylation is 2. The fraction of sp³-hybridized carbons (Fsp3) is 0.222. The summed E-state index contributed by atoms with van der Waals surface area (Å²) in [7, 11) is 0. The van der Waals surface area contributed by atoms with Crippen LogP contribution in [0.25, 0.3) is 0 Å². The van der Waals surface area contributed by atoms with E-state index in [0.29, 0.717) is 11.4 Å². The molecule has 2 aromatic carbocycles. The smallest absolute Gasteiger partial charge is 0.331 e. The van der Waals surface area contributed by atoms with Crippen molar-refractivity contribution in [1.82, 2.24) is 0 Å². The molecular formula is C18H18N2O4. The van der Waals surface area contributed by atoms with E-state index in [-0.39, 0.29) is 30.7 Å². The molecule has 3 rings (SSSR count). The summed E-state index contributed by atoms with van der Waals surface area (Å²) < 4.78 is 5.23. The maximum atomic E-state index is 12.3. The Morgan fingerprint density at radius 3 is 2.79 bits per heavy atom. The van der Waals surface area contributed by atoms with Crippen LogP contribution in [0.5, 0.6) is 11.5 Å². The number of phenolic OH excluding ortho intramolecular Hbond substituents is 1. The zero-order chi connectivity index (χ0) is 17.3. The Bertz CT molecular complexity index is 817. The van der Waals surface area contributed by atoms with Crippen LogP contribution in [-0.4, -0.2) is 30.1 Å². The summed E-state index contributed by atoms with van der Waals surface area (Å²) in [6, 6.07) is 10.3. The lowest BCUT2D eigenvalue weighted by molar-refractivity contribution is -0.133.